The van der Waals surface area contributed by atoms with Gasteiger partial charge in [0.2, 0.25) is 0 Å². The molecular formula is C19H40O. The lowest BCUT2D eigenvalue weighted by Gasteiger charge is -2.23. The van der Waals surface area contributed by atoms with Crippen molar-refractivity contribution in [3.05, 3.63) is 0 Å². The fraction of sp³-hybridized carbons (Fsp3) is 1.00. The Labute approximate surface area is 128 Å². The highest BCUT2D eigenvalue weighted by atomic mass is 16.5. The molecule has 0 radical (unpaired) electrons. The molecular weight excluding hydrogens is 244 g/mol. The maximum Gasteiger partial charge on any atom is 0.0623 e. The lowest BCUT2D eigenvalue weighted by molar-refractivity contribution is -0.0216. The van der Waals surface area contributed by atoms with Crippen molar-refractivity contribution in [1.29, 1.82) is 0 Å². The average molecular weight is 285 g/mol. The van der Waals surface area contributed by atoms with Gasteiger partial charge in [-0.05, 0) is 26.7 Å². The monoisotopic (exact) mass is 284 g/mol. The molecule has 0 spiro atoms. The van der Waals surface area contributed by atoms with E-state index in [9.17, 15) is 0 Å². The van der Waals surface area contributed by atoms with Gasteiger partial charge in [0.25, 0.3) is 0 Å². The summed E-state index contributed by atoms with van der Waals surface area (Å²) in [6.07, 6.45) is 18.0. The third-order valence-electron chi connectivity index (χ3n) is 4.34. The molecule has 0 N–H and O–H groups in total. The predicted octanol–water partition coefficient (Wildman–Crippen LogP) is 6.89. The Morgan fingerprint density at radius 3 is 1.40 bits per heavy atom. The molecule has 0 saturated heterocycles. The molecule has 0 aliphatic rings. The topological polar surface area (TPSA) is 9.23 Å². The summed E-state index contributed by atoms with van der Waals surface area (Å²) < 4.78 is 5.87. The van der Waals surface area contributed by atoms with Crippen LogP contribution in [0.25, 0.3) is 0 Å². The van der Waals surface area contributed by atoms with E-state index < -0.39 is 0 Å². The fourth-order valence-electron chi connectivity index (χ4n) is 2.39. The Bertz CT molecular complexity index is 186. The number of unbranched alkanes of at least 4 members (excludes halogenated alkanes) is 11. The molecule has 1 nitrogen and oxygen atoms in total. The van der Waals surface area contributed by atoms with Crippen molar-refractivity contribution in [3.8, 4) is 0 Å². The van der Waals surface area contributed by atoms with Crippen LogP contribution in [0.3, 0.4) is 0 Å². The maximum atomic E-state index is 5.87. The Balaban J connectivity index is 3.06. The molecule has 0 fully saturated rings. The standard InChI is InChI=1S/C19H40O/c1-5-7-8-9-10-11-12-13-14-15-16-17-18-20-19(3,4)6-2/h5-18H2,1-4H3. The molecule has 0 atom stereocenters. The largest absolute Gasteiger partial charge is 0.376 e. The summed E-state index contributed by atoms with van der Waals surface area (Å²) in [4.78, 5) is 0. The van der Waals surface area contributed by atoms with E-state index in [2.05, 4.69) is 27.7 Å². The van der Waals surface area contributed by atoms with E-state index in [1.165, 1.54) is 77.0 Å². The summed E-state index contributed by atoms with van der Waals surface area (Å²) in [6, 6.07) is 0. The van der Waals surface area contributed by atoms with Gasteiger partial charge in [0.05, 0.1) is 5.60 Å². The highest BCUT2D eigenvalue weighted by Crippen LogP contribution is 2.15. The maximum absolute atomic E-state index is 5.87. The second-order valence-electron chi connectivity index (χ2n) is 6.85. The number of hydrogen-bond acceptors (Lipinski definition) is 1. The molecule has 0 aromatic heterocycles. The van der Waals surface area contributed by atoms with Crippen molar-refractivity contribution in [2.24, 2.45) is 0 Å². The molecule has 0 amide bonds. The van der Waals surface area contributed by atoms with E-state index in [4.69, 9.17) is 4.74 Å². The van der Waals surface area contributed by atoms with Gasteiger partial charge in [-0.3, -0.25) is 0 Å². The van der Waals surface area contributed by atoms with E-state index >= 15 is 0 Å². The summed E-state index contributed by atoms with van der Waals surface area (Å²) in [6.45, 7) is 9.80. The van der Waals surface area contributed by atoms with Gasteiger partial charge in [-0.1, -0.05) is 84.5 Å². The molecule has 0 aromatic carbocycles. The first-order valence-corrected chi connectivity index (χ1v) is 9.26. The van der Waals surface area contributed by atoms with Crippen LogP contribution >= 0.6 is 0 Å². The number of ether oxygens (including phenoxy) is 1. The van der Waals surface area contributed by atoms with Crippen LogP contribution in [0.2, 0.25) is 0 Å². The van der Waals surface area contributed by atoms with E-state index in [1.807, 2.05) is 0 Å². The van der Waals surface area contributed by atoms with Gasteiger partial charge < -0.3 is 4.74 Å². The zero-order valence-electron chi connectivity index (χ0n) is 14.8. The molecule has 1 heteroatoms. The van der Waals surface area contributed by atoms with Crippen molar-refractivity contribution in [3.63, 3.8) is 0 Å². The second-order valence-corrected chi connectivity index (χ2v) is 6.85. The van der Waals surface area contributed by atoms with Crippen LogP contribution in [0.5, 0.6) is 0 Å². The van der Waals surface area contributed by atoms with E-state index in [1.54, 1.807) is 0 Å². The number of hydrogen-bond donors (Lipinski definition) is 0. The van der Waals surface area contributed by atoms with Gasteiger partial charge in [0, 0.05) is 6.61 Å². The number of rotatable bonds is 15. The van der Waals surface area contributed by atoms with Crippen LogP contribution in [0.15, 0.2) is 0 Å². The minimum Gasteiger partial charge on any atom is -0.376 e. The predicted molar refractivity (Wildman–Crippen MR) is 91.4 cm³/mol. The van der Waals surface area contributed by atoms with Crippen LogP contribution in [-0.2, 0) is 4.74 Å². The van der Waals surface area contributed by atoms with Crippen molar-refractivity contribution < 1.29 is 4.74 Å². The fourth-order valence-corrected chi connectivity index (χ4v) is 2.39. The molecule has 0 rings (SSSR count). The van der Waals surface area contributed by atoms with E-state index in [0.29, 0.717) is 0 Å². The van der Waals surface area contributed by atoms with Gasteiger partial charge in [0.1, 0.15) is 0 Å². The van der Waals surface area contributed by atoms with Gasteiger partial charge in [-0.25, -0.2) is 0 Å². The van der Waals surface area contributed by atoms with E-state index in [-0.39, 0.29) is 5.60 Å². The van der Waals surface area contributed by atoms with Crippen LogP contribution in [0, 0.1) is 0 Å². The van der Waals surface area contributed by atoms with Crippen molar-refractivity contribution in [1.82, 2.24) is 0 Å². The van der Waals surface area contributed by atoms with Crippen molar-refractivity contribution in [2.45, 2.75) is 117 Å². The molecule has 0 aliphatic heterocycles. The first-order valence-electron chi connectivity index (χ1n) is 9.26. The Kier molecular flexibility index (Phi) is 13.9. The van der Waals surface area contributed by atoms with Gasteiger partial charge in [0.15, 0.2) is 0 Å². The van der Waals surface area contributed by atoms with Crippen LogP contribution in [-0.4, -0.2) is 12.2 Å². The lowest BCUT2D eigenvalue weighted by Crippen LogP contribution is -2.23. The molecule has 0 aromatic rings. The third-order valence-corrected chi connectivity index (χ3v) is 4.34. The zero-order valence-corrected chi connectivity index (χ0v) is 14.8. The lowest BCUT2D eigenvalue weighted by atomic mass is 10.1. The third kappa shape index (κ3) is 14.4. The Hall–Kier alpha value is -0.0400. The molecule has 122 valence electrons. The molecule has 20 heavy (non-hydrogen) atoms. The molecule has 0 aliphatic carbocycles. The highest BCUT2D eigenvalue weighted by Gasteiger charge is 2.14. The molecule has 0 heterocycles. The molecule has 0 unspecified atom stereocenters. The normalized spacial score (nSPS) is 12.0. The SMILES string of the molecule is CCCCCCCCCCCCCCOC(C)(C)CC. The van der Waals surface area contributed by atoms with Crippen LogP contribution in [0.4, 0.5) is 0 Å². The summed E-state index contributed by atoms with van der Waals surface area (Å²) in [7, 11) is 0. The molecule has 0 saturated carbocycles. The van der Waals surface area contributed by atoms with Crippen molar-refractivity contribution >= 4 is 0 Å². The average Bonchev–Trinajstić information content (AvgIpc) is 2.44. The van der Waals surface area contributed by atoms with Crippen LogP contribution < -0.4 is 0 Å². The van der Waals surface area contributed by atoms with Gasteiger partial charge >= 0.3 is 0 Å². The summed E-state index contributed by atoms with van der Waals surface area (Å²) >= 11 is 0. The summed E-state index contributed by atoms with van der Waals surface area (Å²) in [5.74, 6) is 0. The minimum absolute atomic E-state index is 0.0811. The quantitative estimate of drug-likeness (QED) is 0.297. The minimum atomic E-state index is 0.0811. The molecule has 0 bridgehead atoms. The zero-order chi connectivity index (χ0) is 15.1. The van der Waals surface area contributed by atoms with Gasteiger partial charge in [-0.15, -0.1) is 0 Å². The van der Waals surface area contributed by atoms with Crippen molar-refractivity contribution in [2.75, 3.05) is 6.61 Å². The second kappa shape index (κ2) is 13.9. The smallest absolute Gasteiger partial charge is 0.0623 e. The van der Waals surface area contributed by atoms with Crippen LogP contribution in [0.1, 0.15) is 111 Å². The van der Waals surface area contributed by atoms with E-state index in [0.717, 1.165) is 13.0 Å². The Morgan fingerprint density at radius 1 is 0.600 bits per heavy atom. The first kappa shape index (κ1) is 20.0. The highest BCUT2D eigenvalue weighted by molar-refractivity contribution is 4.64. The first-order chi connectivity index (χ1) is 9.62. The van der Waals surface area contributed by atoms with Gasteiger partial charge in [-0.2, -0.15) is 0 Å². The Morgan fingerprint density at radius 2 is 1.00 bits per heavy atom. The summed E-state index contributed by atoms with van der Waals surface area (Å²) in [5.41, 5.74) is 0.0811. The summed E-state index contributed by atoms with van der Waals surface area (Å²) in [5, 5.41) is 0.